The van der Waals surface area contributed by atoms with Gasteiger partial charge in [0, 0.05) is 17.3 Å². The van der Waals surface area contributed by atoms with Gasteiger partial charge in [0.15, 0.2) is 11.5 Å². The molecule has 0 fully saturated rings. The first-order valence-electron chi connectivity index (χ1n) is 6.90. The molecule has 0 atom stereocenters. The number of benzene rings is 2. The number of carbonyl (C=O) groups excluding carboxylic acids is 1. The van der Waals surface area contributed by atoms with Crippen molar-refractivity contribution in [2.45, 2.75) is 0 Å². The van der Waals surface area contributed by atoms with Crippen LogP contribution in [0.2, 0.25) is 5.02 Å². The number of hydrogen-bond donors (Lipinski definition) is 2. The molecule has 0 bridgehead atoms. The number of ether oxygens (including phenoxy) is 2. The largest absolute Gasteiger partial charge is 0.454 e. The number of rotatable bonds is 2. The smallest absolute Gasteiger partial charge is 0.319 e. The monoisotopic (exact) mass is 328 g/mol. The van der Waals surface area contributed by atoms with Gasteiger partial charge in [0.25, 0.3) is 0 Å². The Bertz CT molecular complexity index is 796. The molecule has 6 heteroatoms. The molecule has 0 saturated carbocycles. The van der Waals surface area contributed by atoms with Crippen LogP contribution in [0.4, 0.5) is 10.5 Å². The summed E-state index contributed by atoms with van der Waals surface area (Å²) in [5, 5.41) is 5.94. The number of hydrogen-bond acceptors (Lipinski definition) is 3. The number of amides is 2. The van der Waals surface area contributed by atoms with E-state index in [0.29, 0.717) is 22.2 Å². The van der Waals surface area contributed by atoms with Gasteiger partial charge >= 0.3 is 6.03 Å². The zero-order valence-corrected chi connectivity index (χ0v) is 12.8. The molecule has 1 heterocycles. The Morgan fingerprint density at radius 2 is 2.00 bits per heavy atom. The Morgan fingerprint density at radius 3 is 2.87 bits per heavy atom. The summed E-state index contributed by atoms with van der Waals surface area (Å²) >= 11 is 6.00. The van der Waals surface area contributed by atoms with Crippen molar-refractivity contribution in [3.8, 4) is 23.3 Å². The summed E-state index contributed by atoms with van der Waals surface area (Å²) in [5.41, 5.74) is 1.35. The van der Waals surface area contributed by atoms with Gasteiger partial charge in [0.1, 0.15) is 0 Å². The second-order valence-corrected chi connectivity index (χ2v) is 5.06. The van der Waals surface area contributed by atoms with E-state index in [9.17, 15) is 4.79 Å². The Kier molecular flexibility index (Phi) is 4.55. The molecule has 23 heavy (non-hydrogen) atoms. The van der Waals surface area contributed by atoms with Crippen molar-refractivity contribution >= 4 is 23.3 Å². The summed E-state index contributed by atoms with van der Waals surface area (Å²) in [7, 11) is 0. The molecule has 0 saturated heterocycles. The van der Waals surface area contributed by atoms with Gasteiger partial charge < -0.3 is 20.1 Å². The fourth-order valence-corrected chi connectivity index (χ4v) is 2.16. The Labute approximate surface area is 138 Å². The lowest BCUT2D eigenvalue weighted by atomic mass is 10.2. The van der Waals surface area contributed by atoms with Gasteiger partial charge in [0.05, 0.1) is 11.6 Å². The first-order chi connectivity index (χ1) is 11.2. The van der Waals surface area contributed by atoms with Gasteiger partial charge in [-0.05, 0) is 24.3 Å². The SMILES string of the molecule is O=C(NCC#Cc1ccccc1Cl)Nc1ccc2c(c1)OCO2. The van der Waals surface area contributed by atoms with Crippen LogP contribution in [0.15, 0.2) is 42.5 Å². The highest BCUT2D eigenvalue weighted by atomic mass is 35.5. The summed E-state index contributed by atoms with van der Waals surface area (Å²) in [6.45, 7) is 0.407. The number of halogens is 1. The third-order valence-corrected chi connectivity index (χ3v) is 3.39. The maximum Gasteiger partial charge on any atom is 0.319 e. The maximum absolute atomic E-state index is 11.8. The van der Waals surface area contributed by atoms with Crippen LogP contribution < -0.4 is 20.1 Å². The number of nitrogens with one attached hydrogen (secondary N) is 2. The van der Waals surface area contributed by atoms with Crippen molar-refractivity contribution < 1.29 is 14.3 Å². The van der Waals surface area contributed by atoms with E-state index < -0.39 is 0 Å². The van der Waals surface area contributed by atoms with Crippen molar-refractivity contribution in [2.24, 2.45) is 0 Å². The number of urea groups is 1. The fourth-order valence-electron chi connectivity index (χ4n) is 1.98. The predicted molar refractivity (Wildman–Crippen MR) is 87.9 cm³/mol. The lowest BCUT2D eigenvalue weighted by Crippen LogP contribution is -2.28. The van der Waals surface area contributed by atoms with Gasteiger partial charge in [0.2, 0.25) is 6.79 Å². The molecular formula is C17H13ClN2O3. The minimum Gasteiger partial charge on any atom is -0.454 e. The Balaban J connectivity index is 1.52. The molecule has 1 aliphatic heterocycles. The van der Waals surface area contributed by atoms with Crippen LogP contribution >= 0.6 is 11.6 Å². The minimum atomic E-state index is -0.350. The molecule has 1 aliphatic rings. The van der Waals surface area contributed by atoms with Crippen LogP contribution in [0.1, 0.15) is 5.56 Å². The predicted octanol–water partition coefficient (Wildman–Crippen LogP) is 3.24. The van der Waals surface area contributed by atoms with Crippen LogP contribution in [-0.4, -0.2) is 19.4 Å². The van der Waals surface area contributed by atoms with Crippen LogP contribution in [0.3, 0.4) is 0 Å². The highest BCUT2D eigenvalue weighted by Crippen LogP contribution is 2.34. The molecule has 2 amide bonds. The van der Waals surface area contributed by atoms with Gasteiger partial charge in [-0.3, -0.25) is 0 Å². The molecule has 2 N–H and O–H groups in total. The lowest BCUT2D eigenvalue weighted by molar-refractivity contribution is 0.174. The molecule has 0 aromatic heterocycles. The molecule has 3 rings (SSSR count). The zero-order chi connectivity index (χ0) is 16.1. The molecule has 116 valence electrons. The molecule has 2 aromatic rings. The highest BCUT2D eigenvalue weighted by Gasteiger charge is 2.13. The molecule has 0 spiro atoms. The van der Waals surface area contributed by atoms with Crippen LogP contribution in [0.25, 0.3) is 0 Å². The molecule has 0 unspecified atom stereocenters. The quantitative estimate of drug-likeness (QED) is 0.832. The van der Waals surface area contributed by atoms with E-state index in [2.05, 4.69) is 22.5 Å². The number of fused-ring (bicyclic) bond motifs is 1. The summed E-state index contributed by atoms with van der Waals surface area (Å²) < 4.78 is 10.5. The molecular weight excluding hydrogens is 316 g/mol. The maximum atomic E-state index is 11.8. The average Bonchev–Trinajstić information content (AvgIpc) is 3.01. The normalized spacial score (nSPS) is 11.3. The Morgan fingerprint density at radius 1 is 1.17 bits per heavy atom. The summed E-state index contributed by atoms with van der Waals surface area (Å²) in [6.07, 6.45) is 0. The molecule has 2 aromatic carbocycles. The Hall–Kier alpha value is -2.84. The minimum absolute atomic E-state index is 0.197. The van der Waals surface area contributed by atoms with Crippen molar-refractivity contribution in [2.75, 3.05) is 18.7 Å². The standard InChI is InChI=1S/C17H13ClN2O3/c18-14-6-2-1-4-12(14)5-3-9-19-17(21)20-13-7-8-15-16(10-13)23-11-22-15/h1-2,4,6-8,10H,9,11H2,(H2,19,20,21). The molecule has 0 aliphatic carbocycles. The first kappa shape index (κ1) is 15.1. The highest BCUT2D eigenvalue weighted by molar-refractivity contribution is 6.31. The van der Waals surface area contributed by atoms with Gasteiger partial charge in [-0.1, -0.05) is 35.6 Å². The van der Waals surface area contributed by atoms with Crippen molar-refractivity contribution in [3.05, 3.63) is 53.1 Å². The van der Waals surface area contributed by atoms with E-state index in [4.69, 9.17) is 21.1 Å². The van der Waals surface area contributed by atoms with Crippen molar-refractivity contribution in [3.63, 3.8) is 0 Å². The average molecular weight is 329 g/mol. The van der Waals surface area contributed by atoms with Crippen LogP contribution in [-0.2, 0) is 0 Å². The van der Waals surface area contributed by atoms with E-state index in [1.807, 2.05) is 18.2 Å². The number of anilines is 1. The van der Waals surface area contributed by atoms with E-state index in [1.54, 1.807) is 24.3 Å². The van der Waals surface area contributed by atoms with Crippen molar-refractivity contribution in [1.29, 1.82) is 0 Å². The van der Waals surface area contributed by atoms with Crippen molar-refractivity contribution in [1.82, 2.24) is 5.32 Å². The van der Waals surface area contributed by atoms with E-state index in [0.717, 1.165) is 5.56 Å². The summed E-state index contributed by atoms with van der Waals surface area (Å²) in [4.78, 5) is 11.8. The summed E-state index contributed by atoms with van der Waals surface area (Å²) in [5.74, 6) is 7.04. The van der Waals surface area contributed by atoms with Crippen LogP contribution in [0.5, 0.6) is 11.5 Å². The molecule has 5 nitrogen and oxygen atoms in total. The van der Waals surface area contributed by atoms with E-state index >= 15 is 0 Å². The van der Waals surface area contributed by atoms with E-state index in [-0.39, 0.29) is 19.4 Å². The van der Waals surface area contributed by atoms with Gasteiger partial charge in [-0.15, -0.1) is 0 Å². The third kappa shape index (κ3) is 3.87. The van der Waals surface area contributed by atoms with Crippen LogP contribution in [0, 0.1) is 11.8 Å². The summed E-state index contributed by atoms with van der Waals surface area (Å²) in [6, 6.07) is 12.1. The topological polar surface area (TPSA) is 59.6 Å². The second kappa shape index (κ2) is 6.95. The first-order valence-corrected chi connectivity index (χ1v) is 7.28. The third-order valence-electron chi connectivity index (χ3n) is 3.06. The van der Waals surface area contributed by atoms with Gasteiger partial charge in [-0.25, -0.2) is 4.79 Å². The second-order valence-electron chi connectivity index (χ2n) is 4.66. The lowest BCUT2D eigenvalue weighted by Gasteiger charge is -2.06. The van der Waals surface area contributed by atoms with E-state index in [1.165, 1.54) is 0 Å². The fraction of sp³-hybridized carbons (Fsp3) is 0.118. The number of carbonyl (C=O) groups is 1. The molecule has 0 radical (unpaired) electrons. The van der Waals surface area contributed by atoms with Gasteiger partial charge in [-0.2, -0.15) is 0 Å². The zero-order valence-electron chi connectivity index (χ0n) is 12.1.